The zero-order valence-electron chi connectivity index (χ0n) is 7.96. The average molecular weight is 185 g/mol. The van der Waals surface area contributed by atoms with Crippen LogP contribution in [0.1, 0.15) is 11.3 Å². The van der Waals surface area contributed by atoms with E-state index < -0.39 is 0 Å². The highest BCUT2D eigenvalue weighted by Gasteiger charge is 1.91. The van der Waals surface area contributed by atoms with Crippen LogP contribution >= 0.6 is 0 Å². The highest BCUT2D eigenvalue weighted by molar-refractivity contribution is 5.67. The van der Waals surface area contributed by atoms with E-state index in [0.717, 1.165) is 11.3 Å². The average Bonchev–Trinajstić information content (AvgIpc) is 2.63. The summed E-state index contributed by atoms with van der Waals surface area (Å²) in [6, 6.07) is 3.93. The Morgan fingerprint density at radius 1 is 1.21 bits per heavy atom. The van der Waals surface area contributed by atoms with Gasteiger partial charge in [0.05, 0.1) is 18.2 Å². The predicted molar refractivity (Wildman–Crippen MR) is 56.4 cm³/mol. The smallest absolute Gasteiger partial charge is 0.0948 e. The SMILES string of the molecule is Cn1cncc1/C=C\c1cccnc1. The molecule has 2 aromatic heterocycles. The molecule has 2 aromatic rings. The summed E-state index contributed by atoms with van der Waals surface area (Å²) in [6.45, 7) is 0. The van der Waals surface area contributed by atoms with Gasteiger partial charge in [0.15, 0.2) is 0 Å². The molecule has 0 spiro atoms. The Morgan fingerprint density at radius 2 is 2.14 bits per heavy atom. The second kappa shape index (κ2) is 3.87. The summed E-state index contributed by atoms with van der Waals surface area (Å²) in [5.41, 5.74) is 2.17. The molecule has 0 saturated heterocycles. The van der Waals surface area contributed by atoms with Gasteiger partial charge in [-0.25, -0.2) is 4.98 Å². The molecular formula is C11H11N3. The molecule has 0 aliphatic heterocycles. The lowest BCUT2D eigenvalue weighted by atomic mass is 10.2. The molecule has 0 bridgehead atoms. The van der Waals surface area contributed by atoms with Crippen LogP contribution in [0.4, 0.5) is 0 Å². The molecule has 3 heteroatoms. The van der Waals surface area contributed by atoms with Crippen LogP contribution in [0.5, 0.6) is 0 Å². The molecular weight excluding hydrogens is 174 g/mol. The number of pyridine rings is 1. The highest BCUT2D eigenvalue weighted by atomic mass is 15.0. The minimum atomic E-state index is 1.08. The first kappa shape index (κ1) is 8.69. The van der Waals surface area contributed by atoms with Crippen molar-refractivity contribution in [3.8, 4) is 0 Å². The molecule has 0 amide bonds. The maximum atomic E-state index is 4.03. The summed E-state index contributed by atoms with van der Waals surface area (Å²) in [5, 5.41) is 0. The van der Waals surface area contributed by atoms with Gasteiger partial charge in [0, 0.05) is 19.4 Å². The van der Waals surface area contributed by atoms with Crippen molar-refractivity contribution < 1.29 is 0 Å². The normalized spacial score (nSPS) is 10.9. The van der Waals surface area contributed by atoms with E-state index in [9.17, 15) is 0 Å². The van der Waals surface area contributed by atoms with Crippen molar-refractivity contribution in [3.05, 3.63) is 48.3 Å². The van der Waals surface area contributed by atoms with Crippen LogP contribution in [0, 0.1) is 0 Å². The number of imidazole rings is 1. The van der Waals surface area contributed by atoms with Crippen LogP contribution in [-0.2, 0) is 7.05 Å². The van der Waals surface area contributed by atoms with Crippen molar-refractivity contribution >= 4 is 12.2 Å². The van der Waals surface area contributed by atoms with Gasteiger partial charge in [-0.05, 0) is 17.7 Å². The first-order chi connectivity index (χ1) is 6.86. The molecule has 70 valence electrons. The first-order valence-corrected chi connectivity index (χ1v) is 4.41. The van der Waals surface area contributed by atoms with Crippen molar-refractivity contribution in [2.75, 3.05) is 0 Å². The Labute approximate surface area is 82.8 Å². The lowest BCUT2D eigenvalue weighted by molar-refractivity contribution is 0.902. The van der Waals surface area contributed by atoms with Gasteiger partial charge in [0.2, 0.25) is 0 Å². The summed E-state index contributed by atoms with van der Waals surface area (Å²) in [7, 11) is 1.97. The van der Waals surface area contributed by atoms with Crippen LogP contribution < -0.4 is 0 Å². The molecule has 0 unspecified atom stereocenters. The second-order valence-corrected chi connectivity index (χ2v) is 3.05. The van der Waals surface area contributed by atoms with Crippen LogP contribution in [0.25, 0.3) is 12.2 Å². The van der Waals surface area contributed by atoms with Crippen LogP contribution in [-0.4, -0.2) is 14.5 Å². The Kier molecular flexibility index (Phi) is 2.40. The fourth-order valence-electron chi connectivity index (χ4n) is 1.18. The molecule has 0 radical (unpaired) electrons. The zero-order chi connectivity index (χ0) is 9.80. The van der Waals surface area contributed by atoms with Gasteiger partial charge >= 0.3 is 0 Å². The van der Waals surface area contributed by atoms with Crippen molar-refractivity contribution in [1.82, 2.24) is 14.5 Å². The molecule has 0 N–H and O–H groups in total. The van der Waals surface area contributed by atoms with Crippen molar-refractivity contribution in [3.63, 3.8) is 0 Å². The quantitative estimate of drug-likeness (QED) is 0.716. The van der Waals surface area contributed by atoms with Crippen LogP contribution in [0.2, 0.25) is 0 Å². The van der Waals surface area contributed by atoms with Gasteiger partial charge in [0.1, 0.15) is 0 Å². The molecule has 3 nitrogen and oxygen atoms in total. The van der Waals surface area contributed by atoms with E-state index in [1.807, 2.05) is 48.3 Å². The van der Waals surface area contributed by atoms with E-state index in [4.69, 9.17) is 0 Å². The first-order valence-electron chi connectivity index (χ1n) is 4.41. The third kappa shape index (κ3) is 1.88. The zero-order valence-corrected chi connectivity index (χ0v) is 7.96. The molecule has 0 aromatic carbocycles. The summed E-state index contributed by atoms with van der Waals surface area (Å²) in [5.74, 6) is 0. The van der Waals surface area contributed by atoms with E-state index in [1.54, 1.807) is 12.5 Å². The van der Waals surface area contributed by atoms with Crippen molar-refractivity contribution in [2.24, 2.45) is 7.05 Å². The lowest BCUT2D eigenvalue weighted by Crippen LogP contribution is -1.86. The fourth-order valence-corrected chi connectivity index (χ4v) is 1.18. The van der Waals surface area contributed by atoms with E-state index in [2.05, 4.69) is 9.97 Å². The second-order valence-electron chi connectivity index (χ2n) is 3.05. The van der Waals surface area contributed by atoms with E-state index in [-0.39, 0.29) is 0 Å². The molecule has 0 saturated carbocycles. The highest BCUT2D eigenvalue weighted by Crippen LogP contribution is 2.05. The van der Waals surface area contributed by atoms with Gasteiger partial charge in [0.25, 0.3) is 0 Å². The van der Waals surface area contributed by atoms with Gasteiger partial charge in [-0.2, -0.15) is 0 Å². The van der Waals surface area contributed by atoms with E-state index in [0.29, 0.717) is 0 Å². The topological polar surface area (TPSA) is 30.7 Å². The fraction of sp³-hybridized carbons (Fsp3) is 0.0909. The maximum Gasteiger partial charge on any atom is 0.0948 e. The van der Waals surface area contributed by atoms with Crippen LogP contribution in [0.3, 0.4) is 0 Å². The number of rotatable bonds is 2. The van der Waals surface area contributed by atoms with Gasteiger partial charge < -0.3 is 4.57 Å². The van der Waals surface area contributed by atoms with E-state index >= 15 is 0 Å². The molecule has 0 aliphatic rings. The number of aromatic nitrogens is 3. The molecule has 2 rings (SSSR count). The minimum absolute atomic E-state index is 1.08. The molecule has 2 heterocycles. The standard InChI is InChI=1S/C11H11N3/c1-14-9-13-8-11(14)5-4-10-3-2-6-12-7-10/h2-9H,1H3/b5-4-. The lowest BCUT2D eigenvalue weighted by Gasteiger charge is -1.94. The summed E-state index contributed by atoms with van der Waals surface area (Å²) in [4.78, 5) is 8.06. The van der Waals surface area contributed by atoms with Gasteiger partial charge in [-0.1, -0.05) is 12.1 Å². The number of aryl methyl sites for hydroxylation is 1. The Bertz CT molecular complexity index is 429. The number of nitrogens with zero attached hydrogens (tertiary/aromatic N) is 3. The van der Waals surface area contributed by atoms with Gasteiger partial charge in [-0.3, -0.25) is 4.98 Å². The summed E-state index contributed by atoms with van der Waals surface area (Å²) >= 11 is 0. The Balaban J connectivity index is 2.20. The Morgan fingerprint density at radius 3 is 2.79 bits per heavy atom. The summed E-state index contributed by atoms with van der Waals surface area (Å²) < 4.78 is 1.97. The van der Waals surface area contributed by atoms with Crippen molar-refractivity contribution in [2.45, 2.75) is 0 Å². The third-order valence-corrected chi connectivity index (χ3v) is 1.98. The van der Waals surface area contributed by atoms with Crippen LogP contribution in [0.15, 0.2) is 37.1 Å². The largest absolute Gasteiger partial charge is 0.334 e. The molecule has 0 aliphatic carbocycles. The monoisotopic (exact) mass is 185 g/mol. The maximum absolute atomic E-state index is 4.03. The van der Waals surface area contributed by atoms with Crippen molar-refractivity contribution in [1.29, 1.82) is 0 Å². The number of hydrogen-bond donors (Lipinski definition) is 0. The summed E-state index contributed by atoms with van der Waals surface area (Å²) in [6.07, 6.45) is 11.2. The molecule has 0 fully saturated rings. The number of hydrogen-bond acceptors (Lipinski definition) is 2. The van der Waals surface area contributed by atoms with Gasteiger partial charge in [-0.15, -0.1) is 0 Å². The Hall–Kier alpha value is -1.90. The minimum Gasteiger partial charge on any atom is -0.334 e. The molecule has 0 atom stereocenters. The third-order valence-electron chi connectivity index (χ3n) is 1.98. The predicted octanol–water partition coefficient (Wildman–Crippen LogP) is 1.99. The molecule has 14 heavy (non-hydrogen) atoms. The van der Waals surface area contributed by atoms with E-state index in [1.165, 1.54) is 0 Å².